The molecule has 1 unspecified atom stereocenters. The summed E-state index contributed by atoms with van der Waals surface area (Å²) in [6.45, 7) is 3.69. The van der Waals surface area contributed by atoms with Gasteiger partial charge >= 0.3 is 6.09 Å². The Bertz CT molecular complexity index is 754. The lowest BCUT2D eigenvalue weighted by Crippen LogP contribution is -2.42. The molecule has 0 radical (unpaired) electrons. The molecule has 3 amide bonds. The number of amides is 3. The molecule has 0 aromatic heterocycles. The first kappa shape index (κ1) is 20.5. The van der Waals surface area contributed by atoms with E-state index in [1.807, 2.05) is 19.1 Å². The summed E-state index contributed by atoms with van der Waals surface area (Å²) in [6.07, 6.45) is 0.0831. The minimum absolute atomic E-state index is 0.00616. The number of benzene rings is 1. The summed E-state index contributed by atoms with van der Waals surface area (Å²) in [7, 11) is 1.54. The molecular weight excluding hydrogens is 382 g/mol. The number of hydrogen-bond donors (Lipinski definition) is 1. The van der Waals surface area contributed by atoms with Crippen molar-refractivity contribution < 1.29 is 19.5 Å². The van der Waals surface area contributed by atoms with Crippen molar-refractivity contribution in [1.82, 2.24) is 14.7 Å². The molecule has 0 bridgehead atoms. The van der Waals surface area contributed by atoms with Crippen LogP contribution in [0.1, 0.15) is 31.2 Å². The van der Waals surface area contributed by atoms with Gasteiger partial charge in [-0.25, -0.2) is 4.79 Å². The standard InChI is InChI=1S/C20H26ClN3O4/c1-3-18(25)23-9-8-14(10-23)19(26)24-11-16(13-4-6-15(21)7-5-13)17(12-24)22(2)20(27)28/h4-7,14,16-17H,3,8-12H2,1-2H3,(H,27,28)/t14?,16-,17+/m0/s1. The van der Waals surface area contributed by atoms with Gasteiger partial charge in [-0.2, -0.15) is 0 Å². The van der Waals surface area contributed by atoms with Crippen molar-refractivity contribution in [2.45, 2.75) is 31.7 Å². The largest absolute Gasteiger partial charge is 0.465 e. The smallest absolute Gasteiger partial charge is 0.407 e. The summed E-state index contributed by atoms with van der Waals surface area (Å²) >= 11 is 5.98. The van der Waals surface area contributed by atoms with Crippen LogP contribution in [-0.4, -0.2) is 77.0 Å². The van der Waals surface area contributed by atoms with Crippen LogP contribution in [0.5, 0.6) is 0 Å². The summed E-state index contributed by atoms with van der Waals surface area (Å²) in [6, 6.07) is 7.02. The van der Waals surface area contributed by atoms with Crippen LogP contribution in [0.4, 0.5) is 4.79 Å². The van der Waals surface area contributed by atoms with Gasteiger partial charge in [-0.3, -0.25) is 9.59 Å². The van der Waals surface area contributed by atoms with Crippen molar-refractivity contribution in [3.05, 3.63) is 34.9 Å². The molecule has 1 N–H and O–H groups in total. The average molecular weight is 408 g/mol. The van der Waals surface area contributed by atoms with E-state index in [1.165, 1.54) is 4.90 Å². The first-order chi connectivity index (χ1) is 13.3. The van der Waals surface area contributed by atoms with Gasteiger partial charge in [0.2, 0.25) is 11.8 Å². The Morgan fingerprint density at radius 2 is 1.82 bits per heavy atom. The molecule has 0 saturated carbocycles. The quantitative estimate of drug-likeness (QED) is 0.831. The van der Waals surface area contributed by atoms with Crippen LogP contribution in [0.15, 0.2) is 24.3 Å². The zero-order valence-corrected chi connectivity index (χ0v) is 16.9. The average Bonchev–Trinajstić information content (AvgIpc) is 3.34. The highest BCUT2D eigenvalue weighted by Crippen LogP contribution is 2.33. The van der Waals surface area contributed by atoms with Crippen LogP contribution >= 0.6 is 11.6 Å². The Balaban J connectivity index is 1.76. The lowest BCUT2D eigenvalue weighted by Gasteiger charge is -2.26. The topological polar surface area (TPSA) is 81.2 Å². The summed E-state index contributed by atoms with van der Waals surface area (Å²) in [5, 5.41) is 10.1. The number of likely N-dealkylation sites (N-methyl/N-ethyl adjacent to an activating group) is 1. The number of carbonyl (C=O) groups excluding carboxylic acids is 2. The number of carboxylic acid groups (broad SMARTS) is 1. The monoisotopic (exact) mass is 407 g/mol. The molecule has 3 atom stereocenters. The molecule has 2 fully saturated rings. The molecule has 2 aliphatic heterocycles. The fourth-order valence-electron chi connectivity index (χ4n) is 4.21. The second-order valence-electron chi connectivity index (χ2n) is 7.54. The van der Waals surface area contributed by atoms with Crippen LogP contribution in [0.3, 0.4) is 0 Å². The zero-order valence-electron chi connectivity index (χ0n) is 16.2. The van der Waals surface area contributed by atoms with E-state index in [9.17, 15) is 19.5 Å². The number of rotatable bonds is 4. The first-order valence-electron chi connectivity index (χ1n) is 9.59. The number of nitrogens with zero attached hydrogens (tertiary/aromatic N) is 3. The molecule has 0 aliphatic carbocycles. The minimum atomic E-state index is -1.01. The fourth-order valence-corrected chi connectivity index (χ4v) is 4.33. The normalized spacial score (nSPS) is 24.5. The zero-order chi connectivity index (χ0) is 20.4. The van der Waals surface area contributed by atoms with Crippen LogP contribution in [0.2, 0.25) is 5.02 Å². The maximum atomic E-state index is 13.1. The SMILES string of the molecule is CCC(=O)N1CCC(C(=O)N2C[C@@H](N(C)C(=O)O)[C@H](c3ccc(Cl)cc3)C2)C1. The third-order valence-electron chi connectivity index (χ3n) is 5.89. The van der Waals surface area contributed by atoms with Gasteiger partial charge in [-0.15, -0.1) is 0 Å². The highest BCUT2D eigenvalue weighted by atomic mass is 35.5. The van der Waals surface area contributed by atoms with E-state index in [0.29, 0.717) is 44.0 Å². The van der Waals surface area contributed by atoms with Crippen molar-refractivity contribution in [2.24, 2.45) is 5.92 Å². The van der Waals surface area contributed by atoms with Crippen molar-refractivity contribution in [3.63, 3.8) is 0 Å². The molecular formula is C20H26ClN3O4. The molecule has 2 heterocycles. The van der Waals surface area contributed by atoms with Gasteiger partial charge in [-0.05, 0) is 24.1 Å². The lowest BCUT2D eigenvalue weighted by molar-refractivity contribution is -0.135. The van der Waals surface area contributed by atoms with Gasteiger partial charge < -0.3 is 19.8 Å². The van der Waals surface area contributed by atoms with E-state index in [4.69, 9.17) is 11.6 Å². The third kappa shape index (κ3) is 4.09. The van der Waals surface area contributed by atoms with E-state index >= 15 is 0 Å². The van der Waals surface area contributed by atoms with Crippen LogP contribution in [-0.2, 0) is 9.59 Å². The maximum Gasteiger partial charge on any atom is 0.407 e. The predicted octanol–water partition coefficient (Wildman–Crippen LogP) is 2.50. The van der Waals surface area contributed by atoms with Gasteiger partial charge in [0, 0.05) is 50.6 Å². The third-order valence-corrected chi connectivity index (χ3v) is 6.14. The summed E-state index contributed by atoms with van der Waals surface area (Å²) in [5.74, 6) is -0.252. The van der Waals surface area contributed by atoms with Gasteiger partial charge in [0.25, 0.3) is 0 Å². The van der Waals surface area contributed by atoms with Crippen LogP contribution in [0, 0.1) is 5.92 Å². The molecule has 3 rings (SSSR count). The molecule has 7 nitrogen and oxygen atoms in total. The van der Waals surface area contributed by atoms with E-state index in [-0.39, 0.29) is 29.7 Å². The van der Waals surface area contributed by atoms with Gasteiger partial charge in [0.1, 0.15) is 0 Å². The molecule has 152 valence electrons. The predicted molar refractivity (Wildman–Crippen MR) is 105 cm³/mol. The van der Waals surface area contributed by atoms with Crippen LogP contribution < -0.4 is 0 Å². The Labute approximate surface area is 169 Å². The second kappa shape index (κ2) is 8.39. The minimum Gasteiger partial charge on any atom is -0.465 e. The summed E-state index contributed by atoms with van der Waals surface area (Å²) in [4.78, 5) is 41.3. The van der Waals surface area contributed by atoms with E-state index in [0.717, 1.165) is 5.56 Å². The van der Waals surface area contributed by atoms with E-state index < -0.39 is 6.09 Å². The number of halogens is 1. The van der Waals surface area contributed by atoms with Crippen molar-refractivity contribution in [2.75, 3.05) is 33.2 Å². The molecule has 1 aromatic rings. The molecule has 2 saturated heterocycles. The molecule has 2 aliphatic rings. The molecule has 8 heteroatoms. The van der Waals surface area contributed by atoms with Gasteiger partial charge in [0.05, 0.1) is 12.0 Å². The van der Waals surface area contributed by atoms with E-state index in [2.05, 4.69) is 0 Å². The highest BCUT2D eigenvalue weighted by Gasteiger charge is 2.42. The molecule has 1 aromatic carbocycles. The second-order valence-corrected chi connectivity index (χ2v) is 7.98. The summed E-state index contributed by atoms with van der Waals surface area (Å²) in [5.41, 5.74) is 0.965. The van der Waals surface area contributed by atoms with Gasteiger partial charge in [-0.1, -0.05) is 30.7 Å². The van der Waals surface area contributed by atoms with Crippen molar-refractivity contribution in [1.29, 1.82) is 0 Å². The Hall–Kier alpha value is -2.28. The van der Waals surface area contributed by atoms with E-state index in [1.54, 1.807) is 29.0 Å². The van der Waals surface area contributed by atoms with Crippen molar-refractivity contribution >= 4 is 29.5 Å². The molecule has 28 heavy (non-hydrogen) atoms. The highest BCUT2D eigenvalue weighted by molar-refractivity contribution is 6.30. The van der Waals surface area contributed by atoms with Gasteiger partial charge in [0.15, 0.2) is 0 Å². The maximum absolute atomic E-state index is 13.1. The number of hydrogen-bond acceptors (Lipinski definition) is 3. The van der Waals surface area contributed by atoms with Crippen LogP contribution in [0.25, 0.3) is 0 Å². The Morgan fingerprint density at radius 1 is 1.14 bits per heavy atom. The molecule has 0 spiro atoms. The lowest BCUT2D eigenvalue weighted by atomic mass is 9.94. The Kier molecular flexibility index (Phi) is 6.13. The van der Waals surface area contributed by atoms with Crippen molar-refractivity contribution in [3.8, 4) is 0 Å². The Morgan fingerprint density at radius 3 is 2.43 bits per heavy atom. The fraction of sp³-hybridized carbons (Fsp3) is 0.550. The number of likely N-dealkylation sites (tertiary alicyclic amines) is 2. The first-order valence-corrected chi connectivity index (χ1v) is 9.97. The summed E-state index contributed by atoms with van der Waals surface area (Å²) < 4.78 is 0. The number of carbonyl (C=O) groups is 3.